The third kappa shape index (κ3) is 16.6. The average molecular weight is 539 g/mol. The third-order valence-corrected chi connectivity index (χ3v) is 7.00. The predicted molar refractivity (Wildman–Crippen MR) is 137 cm³/mol. The highest BCUT2D eigenvalue weighted by Gasteiger charge is 2.48. The normalized spacial score (nSPS) is 13.2. The van der Waals surface area contributed by atoms with Crippen LogP contribution in [0.25, 0.3) is 0 Å². The van der Waals surface area contributed by atoms with E-state index < -0.39 is 21.7 Å². The van der Waals surface area contributed by atoms with E-state index in [1.807, 2.05) is 6.07 Å². The number of alkyl halides is 3. The number of hydrogen-bond acceptors (Lipinski definition) is 5. The van der Waals surface area contributed by atoms with Gasteiger partial charge in [0.1, 0.15) is 6.10 Å². The minimum atomic E-state index is -5.72. The first-order valence-electron chi connectivity index (χ1n) is 13.4. The monoisotopic (exact) mass is 538 g/mol. The summed E-state index contributed by atoms with van der Waals surface area (Å²) in [4.78, 5) is 0. The van der Waals surface area contributed by atoms with Crippen molar-refractivity contribution < 1.29 is 35.2 Å². The summed E-state index contributed by atoms with van der Waals surface area (Å²) in [5, 5.41) is 0. The van der Waals surface area contributed by atoms with Gasteiger partial charge in [0, 0.05) is 6.61 Å². The number of halogens is 3. The van der Waals surface area contributed by atoms with Crippen molar-refractivity contribution >= 4 is 10.1 Å². The Labute approximate surface area is 216 Å². The molecule has 1 aromatic carbocycles. The Morgan fingerprint density at radius 2 is 1.19 bits per heavy atom. The molecule has 0 saturated carbocycles. The zero-order chi connectivity index (χ0) is 26.5. The van der Waals surface area contributed by atoms with Crippen molar-refractivity contribution in [2.24, 2.45) is 0 Å². The van der Waals surface area contributed by atoms with Crippen molar-refractivity contribution in [3.8, 4) is 0 Å². The maximum atomic E-state index is 12.7. The number of benzene rings is 1. The number of rotatable bonds is 23. The maximum Gasteiger partial charge on any atom is 0.523 e. The van der Waals surface area contributed by atoms with Crippen LogP contribution in [0.3, 0.4) is 0 Å². The molecule has 0 spiro atoms. The molecule has 0 aromatic heterocycles. The predicted octanol–water partition coefficient (Wildman–Crippen LogP) is 7.94. The largest absolute Gasteiger partial charge is 0.523 e. The van der Waals surface area contributed by atoms with Gasteiger partial charge in [0.2, 0.25) is 0 Å². The molecule has 0 fully saturated rings. The highest BCUT2D eigenvalue weighted by molar-refractivity contribution is 7.87. The third-order valence-electron chi connectivity index (χ3n) is 5.91. The fraction of sp³-hybridized carbons (Fsp3) is 0.778. The van der Waals surface area contributed by atoms with Crippen molar-refractivity contribution in [3.63, 3.8) is 0 Å². The van der Waals surface area contributed by atoms with Crippen molar-refractivity contribution in [1.29, 1.82) is 0 Å². The second kappa shape index (κ2) is 19.9. The van der Waals surface area contributed by atoms with Crippen LogP contribution in [-0.2, 0) is 30.4 Å². The first kappa shape index (κ1) is 32.9. The van der Waals surface area contributed by atoms with E-state index >= 15 is 0 Å². The lowest BCUT2D eigenvalue weighted by atomic mass is 10.0. The van der Waals surface area contributed by atoms with E-state index in [0.717, 1.165) is 24.8 Å². The summed E-state index contributed by atoms with van der Waals surface area (Å²) in [5.41, 5.74) is -4.67. The van der Waals surface area contributed by atoms with Crippen molar-refractivity contribution in [2.75, 3.05) is 19.8 Å². The molecule has 5 nitrogen and oxygen atoms in total. The van der Waals surface area contributed by atoms with Gasteiger partial charge in [-0.3, -0.25) is 4.18 Å². The molecule has 0 bridgehead atoms. The minimum Gasteiger partial charge on any atom is -0.379 e. The van der Waals surface area contributed by atoms with Gasteiger partial charge in [0.25, 0.3) is 0 Å². The van der Waals surface area contributed by atoms with Crippen molar-refractivity contribution in [2.45, 2.75) is 115 Å². The molecule has 0 aliphatic heterocycles. The molecule has 0 heterocycles. The SMILES string of the molecule is CCCCCCCCCCCCCCCCOC[C@@H](COCc1ccccc1)OS(=O)(=O)C(F)(F)F. The summed E-state index contributed by atoms with van der Waals surface area (Å²) in [6.45, 7) is 2.08. The Hall–Kier alpha value is -1.16. The average Bonchev–Trinajstić information content (AvgIpc) is 2.83. The van der Waals surface area contributed by atoms with Gasteiger partial charge in [-0.05, 0) is 12.0 Å². The van der Waals surface area contributed by atoms with Gasteiger partial charge in [0.15, 0.2) is 0 Å². The van der Waals surface area contributed by atoms with Crippen molar-refractivity contribution in [3.05, 3.63) is 35.9 Å². The zero-order valence-electron chi connectivity index (χ0n) is 21.8. The van der Waals surface area contributed by atoms with Gasteiger partial charge in [-0.1, -0.05) is 121 Å². The summed E-state index contributed by atoms with van der Waals surface area (Å²) in [6, 6.07) is 9.04. The summed E-state index contributed by atoms with van der Waals surface area (Å²) < 4.78 is 76.2. The van der Waals surface area contributed by atoms with E-state index in [-0.39, 0.29) is 19.8 Å². The summed E-state index contributed by atoms with van der Waals surface area (Å²) in [6.07, 6.45) is 15.8. The van der Waals surface area contributed by atoms with Gasteiger partial charge in [0.05, 0.1) is 19.8 Å². The molecule has 0 amide bonds. The van der Waals surface area contributed by atoms with Crippen LogP contribution in [0.5, 0.6) is 0 Å². The molecule has 0 aliphatic carbocycles. The molecule has 9 heteroatoms. The van der Waals surface area contributed by atoms with Gasteiger partial charge < -0.3 is 9.47 Å². The van der Waals surface area contributed by atoms with E-state index in [0.29, 0.717) is 6.61 Å². The van der Waals surface area contributed by atoms with Gasteiger partial charge >= 0.3 is 15.6 Å². The molecule has 0 aliphatic rings. The van der Waals surface area contributed by atoms with Gasteiger partial charge in [-0.15, -0.1) is 0 Å². The molecule has 0 radical (unpaired) electrons. The van der Waals surface area contributed by atoms with E-state index in [2.05, 4.69) is 11.1 Å². The fourth-order valence-corrected chi connectivity index (χ4v) is 4.41. The molecule has 1 aromatic rings. The minimum absolute atomic E-state index is 0.131. The lowest BCUT2D eigenvalue weighted by Crippen LogP contribution is -2.35. The van der Waals surface area contributed by atoms with E-state index in [4.69, 9.17) is 9.47 Å². The summed E-state index contributed by atoms with van der Waals surface area (Å²) in [7, 11) is -5.72. The highest BCUT2D eigenvalue weighted by atomic mass is 32.2. The Bertz CT molecular complexity index is 742. The Morgan fingerprint density at radius 3 is 1.69 bits per heavy atom. The number of unbranched alkanes of at least 4 members (excludes halogenated alkanes) is 13. The molecule has 0 saturated heterocycles. The lowest BCUT2D eigenvalue weighted by molar-refractivity contribution is -0.0680. The van der Waals surface area contributed by atoms with E-state index in [1.54, 1.807) is 24.3 Å². The molecular weight excluding hydrogens is 493 g/mol. The molecule has 0 N–H and O–H groups in total. The topological polar surface area (TPSA) is 61.8 Å². The van der Waals surface area contributed by atoms with Crippen LogP contribution in [0.15, 0.2) is 30.3 Å². The second-order valence-corrected chi connectivity index (χ2v) is 10.9. The van der Waals surface area contributed by atoms with Crippen molar-refractivity contribution in [1.82, 2.24) is 0 Å². The Kier molecular flexibility index (Phi) is 18.2. The number of hydrogen-bond donors (Lipinski definition) is 0. The molecule has 0 unspecified atom stereocenters. The summed E-state index contributed by atoms with van der Waals surface area (Å²) in [5.74, 6) is 0. The van der Waals surface area contributed by atoms with Crippen LogP contribution < -0.4 is 0 Å². The molecule has 1 atom stereocenters. The fourth-order valence-electron chi connectivity index (χ4n) is 3.83. The molecular formula is C27H45F3O5S. The van der Waals surface area contributed by atoms with Gasteiger partial charge in [-0.25, -0.2) is 0 Å². The van der Waals surface area contributed by atoms with E-state index in [9.17, 15) is 21.6 Å². The highest BCUT2D eigenvalue weighted by Crippen LogP contribution is 2.26. The summed E-state index contributed by atoms with van der Waals surface area (Å²) >= 11 is 0. The van der Waals surface area contributed by atoms with E-state index in [1.165, 1.54) is 70.6 Å². The Balaban J connectivity index is 2.15. The van der Waals surface area contributed by atoms with Crippen LogP contribution in [0.1, 0.15) is 102 Å². The van der Waals surface area contributed by atoms with Gasteiger partial charge in [-0.2, -0.15) is 21.6 Å². The quantitative estimate of drug-likeness (QED) is 0.0804. The molecule has 1 rings (SSSR count). The maximum absolute atomic E-state index is 12.7. The Morgan fingerprint density at radius 1 is 0.722 bits per heavy atom. The lowest BCUT2D eigenvalue weighted by Gasteiger charge is -2.19. The smallest absolute Gasteiger partial charge is 0.379 e. The van der Waals surface area contributed by atoms with Crippen LogP contribution in [0.4, 0.5) is 13.2 Å². The number of ether oxygens (including phenoxy) is 2. The molecule has 210 valence electrons. The molecule has 36 heavy (non-hydrogen) atoms. The zero-order valence-corrected chi connectivity index (χ0v) is 22.6. The van der Waals surface area contributed by atoms with Crippen LogP contribution in [0, 0.1) is 0 Å². The van der Waals surface area contributed by atoms with Crippen LogP contribution in [-0.4, -0.2) is 39.9 Å². The van der Waals surface area contributed by atoms with Crippen LogP contribution >= 0.6 is 0 Å². The first-order chi connectivity index (χ1) is 17.3. The first-order valence-corrected chi connectivity index (χ1v) is 14.9. The van der Waals surface area contributed by atoms with Crippen LogP contribution in [0.2, 0.25) is 0 Å². The standard InChI is InChI=1S/C27H45F3O5S/c1-2-3-4-5-6-7-8-9-10-11-12-13-14-18-21-33-23-26(35-36(31,32)27(28,29)30)24-34-22-25-19-16-15-17-20-25/h15-17,19-20,26H,2-14,18,21-24H2,1H3/t26-/m0/s1. The second-order valence-electron chi connectivity index (χ2n) is 9.29.